The fourth-order valence-corrected chi connectivity index (χ4v) is 1.59. The predicted octanol–water partition coefficient (Wildman–Crippen LogP) is 2.33. The van der Waals surface area contributed by atoms with Gasteiger partial charge in [0.1, 0.15) is 5.52 Å². The summed E-state index contributed by atoms with van der Waals surface area (Å²) in [5.41, 5.74) is 2.21. The van der Waals surface area contributed by atoms with Crippen molar-refractivity contribution >= 4 is 22.6 Å². The van der Waals surface area contributed by atoms with Gasteiger partial charge in [-0.05, 0) is 28.9 Å². The van der Waals surface area contributed by atoms with Crippen molar-refractivity contribution in [1.82, 2.24) is 20.1 Å². The second-order valence-corrected chi connectivity index (χ2v) is 3.44. The molecule has 0 unspecified atom stereocenters. The third-order valence-corrected chi connectivity index (χ3v) is 2.28. The van der Waals surface area contributed by atoms with Crippen LogP contribution in [-0.4, -0.2) is 20.1 Å². The van der Waals surface area contributed by atoms with Crippen LogP contribution >= 0.6 is 11.6 Å². The zero-order valence-electron chi connectivity index (χ0n) is 7.96. The summed E-state index contributed by atoms with van der Waals surface area (Å²) in [5, 5.41) is 3.61. The monoisotopic (exact) mass is 232 g/mol. The molecule has 3 aromatic rings. The summed E-state index contributed by atoms with van der Waals surface area (Å²) < 4.78 is 5.00. The molecule has 0 spiro atoms. The minimum absolute atomic E-state index is 0.0795. The van der Waals surface area contributed by atoms with E-state index in [-0.39, 0.29) is 5.28 Å². The highest BCUT2D eigenvalue weighted by Crippen LogP contribution is 2.24. The summed E-state index contributed by atoms with van der Waals surface area (Å²) in [6, 6.07) is 5.55. The molecule has 0 atom stereocenters. The summed E-state index contributed by atoms with van der Waals surface area (Å²) in [6.45, 7) is 0. The van der Waals surface area contributed by atoms with Gasteiger partial charge in [-0.25, -0.2) is 0 Å². The van der Waals surface area contributed by atoms with Gasteiger partial charge in [-0.2, -0.15) is 4.98 Å². The van der Waals surface area contributed by atoms with Crippen molar-refractivity contribution in [2.24, 2.45) is 0 Å². The zero-order valence-corrected chi connectivity index (χ0v) is 8.72. The maximum Gasteiger partial charge on any atom is 0.264 e. The van der Waals surface area contributed by atoms with E-state index in [4.69, 9.17) is 16.1 Å². The van der Waals surface area contributed by atoms with Crippen molar-refractivity contribution in [2.75, 3.05) is 0 Å². The van der Waals surface area contributed by atoms with Crippen molar-refractivity contribution in [2.45, 2.75) is 0 Å². The largest absolute Gasteiger partial charge is 0.333 e. The first kappa shape index (κ1) is 9.23. The molecule has 0 bridgehead atoms. The van der Waals surface area contributed by atoms with Gasteiger partial charge in [0, 0.05) is 12.4 Å². The highest BCUT2D eigenvalue weighted by molar-refractivity contribution is 6.28. The van der Waals surface area contributed by atoms with Gasteiger partial charge < -0.3 is 4.52 Å². The normalized spacial score (nSPS) is 10.8. The number of halogens is 1. The quantitative estimate of drug-likeness (QED) is 0.644. The summed E-state index contributed by atoms with van der Waals surface area (Å²) in [4.78, 5) is 12.4. The van der Waals surface area contributed by atoms with Gasteiger partial charge in [-0.1, -0.05) is 6.07 Å². The first-order valence-electron chi connectivity index (χ1n) is 4.54. The van der Waals surface area contributed by atoms with Gasteiger partial charge in [0.15, 0.2) is 0 Å². The van der Waals surface area contributed by atoms with Crippen molar-refractivity contribution in [3.8, 4) is 11.5 Å². The topological polar surface area (TPSA) is 64.7 Å². The minimum atomic E-state index is 0.0795. The average Bonchev–Trinajstić information content (AvgIpc) is 2.75. The zero-order chi connectivity index (χ0) is 11.0. The van der Waals surface area contributed by atoms with Crippen LogP contribution < -0.4 is 0 Å². The van der Waals surface area contributed by atoms with Crippen molar-refractivity contribution in [3.63, 3.8) is 0 Å². The number of hydrogen-bond acceptors (Lipinski definition) is 5. The number of hydrogen-bond donors (Lipinski definition) is 0. The summed E-state index contributed by atoms with van der Waals surface area (Å²) >= 11 is 5.61. The van der Waals surface area contributed by atoms with Gasteiger partial charge >= 0.3 is 0 Å². The van der Waals surface area contributed by atoms with Crippen LogP contribution in [0.4, 0.5) is 0 Å². The molecule has 16 heavy (non-hydrogen) atoms. The average molecular weight is 233 g/mol. The van der Waals surface area contributed by atoms with E-state index in [0.29, 0.717) is 11.4 Å². The van der Waals surface area contributed by atoms with Crippen LogP contribution in [0.2, 0.25) is 5.28 Å². The Morgan fingerprint density at radius 2 is 2.00 bits per heavy atom. The van der Waals surface area contributed by atoms with Gasteiger partial charge in [0.05, 0.1) is 11.1 Å². The van der Waals surface area contributed by atoms with Gasteiger partial charge in [-0.3, -0.25) is 9.97 Å². The molecule has 0 saturated heterocycles. The van der Waals surface area contributed by atoms with Crippen molar-refractivity contribution in [3.05, 3.63) is 35.9 Å². The maximum atomic E-state index is 5.61. The van der Waals surface area contributed by atoms with Crippen LogP contribution in [0.5, 0.6) is 0 Å². The molecule has 0 amide bonds. The number of fused-ring (bicyclic) bond motifs is 1. The number of aromatic nitrogens is 4. The summed E-state index contributed by atoms with van der Waals surface area (Å²) in [6.07, 6.45) is 3.25. The molecule has 0 saturated carbocycles. The highest BCUT2D eigenvalue weighted by Gasteiger charge is 2.11. The molecule has 0 aliphatic rings. The smallest absolute Gasteiger partial charge is 0.264 e. The molecule has 0 fully saturated rings. The van der Waals surface area contributed by atoms with Crippen LogP contribution in [0.3, 0.4) is 0 Å². The Bertz CT molecular complexity index is 647. The molecule has 78 valence electrons. The van der Waals surface area contributed by atoms with Crippen molar-refractivity contribution < 1.29 is 4.52 Å². The van der Waals surface area contributed by atoms with E-state index in [1.165, 1.54) is 0 Å². The number of nitrogens with zero attached hydrogens (tertiary/aromatic N) is 4. The Morgan fingerprint density at radius 3 is 2.81 bits per heavy atom. The molecule has 0 aliphatic carbocycles. The maximum absolute atomic E-state index is 5.61. The first-order chi connectivity index (χ1) is 7.84. The Morgan fingerprint density at radius 1 is 1.12 bits per heavy atom. The molecule has 6 heteroatoms. The van der Waals surface area contributed by atoms with E-state index in [1.54, 1.807) is 12.4 Å². The lowest BCUT2D eigenvalue weighted by Gasteiger charge is -1.99. The van der Waals surface area contributed by atoms with Crippen LogP contribution in [-0.2, 0) is 0 Å². The standard InChI is InChI=1S/C10H5ClN4O/c11-10-14-9(16-15-10)6-2-1-3-7-8(6)13-5-4-12-7/h1-5H. The summed E-state index contributed by atoms with van der Waals surface area (Å²) in [7, 11) is 0. The molecule has 1 aromatic carbocycles. The van der Waals surface area contributed by atoms with Gasteiger partial charge in [0.2, 0.25) is 0 Å². The molecule has 2 aromatic heterocycles. The van der Waals surface area contributed by atoms with Gasteiger partial charge in [0.25, 0.3) is 11.2 Å². The van der Waals surface area contributed by atoms with Crippen LogP contribution in [0.25, 0.3) is 22.5 Å². The Labute approximate surface area is 95.1 Å². The number of rotatable bonds is 1. The van der Waals surface area contributed by atoms with Crippen LogP contribution in [0.1, 0.15) is 0 Å². The van der Waals surface area contributed by atoms with E-state index in [9.17, 15) is 0 Å². The summed E-state index contributed by atoms with van der Waals surface area (Å²) in [5.74, 6) is 0.344. The molecule has 5 nitrogen and oxygen atoms in total. The molecule has 0 aliphatic heterocycles. The molecule has 0 N–H and O–H groups in total. The predicted molar refractivity (Wildman–Crippen MR) is 57.8 cm³/mol. The van der Waals surface area contributed by atoms with E-state index in [2.05, 4.69) is 20.1 Å². The van der Waals surface area contributed by atoms with E-state index >= 15 is 0 Å². The second kappa shape index (κ2) is 3.53. The van der Waals surface area contributed by atoms with E-state index in [0.717, 1.165) is 11.1 Å². The SMILES string of the molecule is Clc1noc(-c2cccc3nccnc23)n1. The molecule has 2 heterocycles. The number of para-hydroxylation sites is 1. The fraction of sp³-hybridized carbons (Fsp3) is 0. The molecular weight excluding hydrogens is 228 g/mol. The van der Waals surface area contributed by atoms with E-state index < -0.39 is 0 Å². The third kappa shape index (κ3) is 1.42. The second-order valence-electron chi connectivity index (χ2n) is 3.10. The lowest BCUT2D eigenvalue weighted by Crippen LogP contribution is -1.86. The lowest BCUT2D eigenvalue weighted by atomic mass is 10.2. The molecular formula is C10H5ClN4O. The Hall–Kier alpha value is -2.01. The van der Waals surface area contributed by atoms with Crippen LogP contribution in [0, 0.1) is 0 Å². The lowest BCUT2D eigenvalue weighted by molar-refractivity contribution is 0.430. The van der Waals surface area contributed by atoms with Gasteiger partial charge in [-0.15, -0.1) is 0 Å². The number of benzene rings is 1. The Kier molecular flexibility index (Phi) is 2.04. The molecule has 3 rings (SSSR count). The highest BCUT2D eigenvalue weighted by atomic mass is 35.5. The minimum Gasteiger partial charge on any atom is -0.333 e. The van der Waals surface area contributed by atoms with E-state index in [1.807, 2.05) is 18.2 Å². The first-order valence-corrected chi connectivity index (χ1v) is 4.92. The molecule has 0 radical (unpaired) electrons. The third-order valence-electron chi connectivity index (χ3n) is 2.13. The van der Waals surface area contributed by atoms with Crippen molar-refractivity contribution in [1.29, 1.82) is 0 Å². The Balaban J connectivity index is 2.31. The van der Waals surface area contributed by atoms with Crippen LogP contribution in [0.15, 0.2) is 35.1 Å². The fourth-order valence-electron chi connectivity index (χ4n) is 1.48.